The molecule has 15 heavy (non-hydrogen) atoms. The standard InChI is InChI=1S/C10H24O3SSi/c1-4-7-15(8-5-2,9-6-3)10-14(11,12)13/h4-10H2,1-3H3,(H,11,12,13). The molecule has 0 saturated heterocycles. The quantitative estimate of drug-likeness (QED) is 0.533. The van der Waals surface area contributed by atoms with Crippen LogP contribution in [0.25, 0.3) is 0 Å². The predicted octanol–water partition coefficient (Wildman–Crippen LogP) is 3.09. The Bertz CT molecular complexity index is 245. The first-order valence-corrected chi connectivity index (χ1v) is 10.3. The van der Waals surface area contributed by atoms with Crippen LogP contribution in [0.3, 0.4) is 0 Å². The third-order valence-electron chi connectivity index (χ3n) is 2.83. The van der Waals surface area contributed by atoms with Gasteiger partial charge in [0.05, 0.1) is 13.5 Å². The highest BCUT2D eigenvalue weighted by atomic mass is 32.2. The first-order valence-electron chi connectivity index (χ1n) is 5.84. The Morgan fingerprint density at radius 2 is 1.27 bits per heavy atom. The van der Waals surface area contributed by atoms with E-state index in [-0.39, 0.29) is 5.38 Å². The van der Waals surface area contributed by atoms with Gasteiger partial charge in [-0.3, -0.25) is 4.55 Å². The fourth-order valence-corrected chi connectivity index (χ4v) is 11.3. The lowest BCUT2D eigenvalue weighted by Crippen LogP contribution is -2.42. The van der Waals surface area contributed by atoms with Crippen LogP contribution in [0.15, 0.2) is 0 Å². The van der Waals surface area contributed by atoms with Crippen LogP contribution in [0, 0.1) is 0 Å². The summed E-state index contributed by atoms with van der Waals surface area (Å²) in [7, 11) is -5.56. The molecule has 92 valence electrons. The van der Waals surface area contributed by atoms with Gasteiger partial charge in [0.25, 0.3) is 10.1 Å². The second kappa shape index (κ2) is 6.65. The zero-order valence-corrected chi connectivity index (χ0v) is 11.9. The van der Waals surface area contributed by atoms with Crippen molar-refractivity contribution in [3.8, 4) is 0 Å². The summed E-state index contributed by atoms with van der Waals surface area (Å²) in [5, 5.41) is 0.0650. The van der Waals surface area contributed by atoms with E-state index in [1.54, 1.807) is 0 Å². The minimum absolute atomic E-state index is 0.0650. The minimum atomic E-state index is -3.79. The summed E-state index contributed by atoms with van der Waals surface area (Å²) in [5.74, 6) is 0. The van der Waals surface area contributed by atoms with E-state index in [4.69, 9.17) is 4.55 Å². The Labute approximate surface area is 95.0 Å². The Morgan fingerprint density at radius 1 is 0.933 bits per heavy atom. The molecular weight excluding hydrogens is 228 g/mol. The Kier molecular flexibility index (Phi) is 6.71. The van der Waals surface area contributed by atoms with Crippen molar-refractivity contribution >= 4 is 18.2 Å². The smallest absolute Gasteiger partial charge is 0.262 e. The van der Waals surface area contributed by atoms with Crippen molar-refractivity contribution in [2.45, 2.75) is 58.2 Å². The summed E-state index contributed by atoms with van der Waals surface area (Å²) in [6.07, 6.45) is 3.09. The lowest BCUT2D eigenvalue weighted by atomic mass is 10.5. The molecule has 0 fully saturated rings. The second-order valence-corrected chi connectivity index (χ2v) is 11.3. The maximum absolute atomic E-state index is 11.1. The second-order valence-electron chi connectivity index (χ2n) is 4.48. The van der Waals surface area contributed by atoms with Crippen LogP contribution < -0.4 is 0 Å². The van der Waals surface area contributed by atoms with Gasteiger partial charge in [0, 0.05) is 0 Å². The van der Waals surface area contributed by atoms with Crippen molar-refractivity contribution in [3.05, 3.63) is 0 Å². The molecule has 0 aliphatic heterocycles. The van der Waals surface area contributed by atoms with Gasteiger partial charge in [0.15, 0.2) is 0 Å². The first kappa shape index (κ1) is 15.1. The lowest BCUT2D eigenvalue weighted by molar-refractivity contribution is 0.487. The fraction of sp³-hybridized carbons (Fsp3) is 1.00. The summed E-state index contributed by atoms with van der Waals surface area (Å²) in [5.41, 5.74) is 0. The van der Waals surface area contributed by atoms with E-state index in [1.807, 2.05) is 0 Å². The molecule has 0 aromatic rings. The summed E-state index contributed by atoms with van der Waals surface area (Å²) >= 11 is 0. The zero-order valence-electron chi connectivity index (χ0n) is 10.1. The monoisotopic (exact) mass is 252 g/mol. The average molecular weight is 252 g/mol. The molecule has 0 bridgehead atoms. The summed E-state index contributed by atoms with van der Waals surface area (Å²) < 4.78 is 31.2. The van der Waals surface area contributed by atoms with Crippen molar-refractivity contribution in [2.75, 3.05) is 5.38 Å². The molecule has 0 radical (unpaired) electrons. The van der Waals surface area contributed by atoms with Gasteiger partial charge in [0.1, 0.15) is 0 Å². The van der Waals surface area contributed by atoms with Crippen molar-refractivity contribution in [3.63, 3.8) is 0 Å². The summed E-state index contributed by atoms with van der Waals surface area (Å²) in [4.78, 5) is 0. The van der Waals surface area contributed by atoms with Gasteiger partial charge < -0.3 is 0 Å². The third-order valence-corrected chi connectivity index (χ3v) is 11.4. The average Bonchev–Trinajstić information content (AvgIpc) is 2.01. The van der Waals surface area contributed by atoms with Crippen LogP contribution in [0.1, 0.15) is 40.0 Å². The van der Waals surface area contributed by atoms with Gasteiger partial charge >= 0.3 is 0 Å². The van der Waals surface area contributed by atoms with Crippen LogP contribution in [-0.4, -0.2) is 26.4 Å². The number of rotatable bonds is 8. The summed E-state index contributed by atoms with van der Waals surface area (Å²) in [6, 6.07) is 3.07. The Hall–Kier alpha value is 0.127. The number of hydrogen-bond acceptors (Lipinski definition) is 2. The van der Waals surface area contributed by atoms with Crippen molar-refractivity contribution in [1.29, 1.82) is 0 Å². The molecule has 0 aliphatic carbocycles. The van der Waals surface area contributed by atoms with Gasteiger partial charge in [-0.05, 0) is 0 Å². The molecule has 5 heteroatoms. The highest BCUT2D eigenvalue weighted by Crippen LogP contribution is 2.27. The van der Waals surface area contributed by atoms with Crippen LogP contribution in [0.2, 0.25) is 18.1 Å². The predicted molar refractivity (Wildman–Crippen MR) is 67.5 cm³/mol. The highest BCUT2D eigenvalue weighted by Gasteiger charge is 2.34. The Balaban J connectivity index is 4.75. The molecule has 0 rings (SSSR count). The minimum Gasteiger partial charge on any atom is -0.286 e. The third kappa shape index (κ3) is 6.32. The molecule has 3 nitrogen and oxygen atoms in total. The fourth-order valence-electron chi connectivity index (χ4n) is 2.57. The van der Waals surface area contributed by atoms with Crippen LogP contribution in [0.5, 0.6) is 0 Å². The molecule has 0 saturated carbocycles. The molecule has 0 aliphatic rings. The lowest BCUT2D eigenvalue weighted by Gasteiger charge is -2.29. The van der Waals surface area contributed by atoms with Gasteiger partial charge in [-0.15, -0.1) is 0 Å². The zero-order chi connectivity index (χ0) is 11.9. The van der Waals surface area contributed by atoms with E-state index in [2.05, 4.69) is 20.8 Å². The SMILES string of the molecule is CCC[Si](CCC)(CCC)CS(=O)(=O)O. The highest BCUT2D eigenvalue weighted by molar-refractivity contribution is 7.87. The van der Waals surface area contributed by atoms with Crippen molar-refractivity contribution < 1.29 is 13.0 Å². The maximum Gasteiger partial charge on any atom is 0.262 e. The molecule has 0 amide bonds. The number of hydrogen-bond donors (Lipinski definition) is 1. The van der Waals surface area contributed by atoms with E-state index >= 15 is 0 Å². The van der Waals surface area contributed by atoms with E-state index in [0.717, 1.165) is 37.4 Å². The van der Waals surface area contributed by atoms with Crippen molar-refractivity contribution in [1.82, 2.24) is 0 Å². The van der Waals surface area contributed by atoms with Crippen molar-refractivity contribution in [2.24, 2.45) is 0 Å². The van der Waals surface area contributed by atoms with Crippen LogP contribution in [0.4, 0.5) is 0 Å². The van der Waals surface area contributed by atoms with Gasteiger partial charge in [-0.2, -0.15) is 8.42 Å². The molecule has 0 aromatic carbocycles. The van der Waals surface area contributed by atoms with Crippen LogP contribution in [-0.2, 0) is 10.1 Å². The van der Waals surface area contributed by atoms with E-state index in [9.17, 15) is 8.42 Å². The topological polar surface area (TPSA) is 54.4 Å². The molecule has 1 N–H and O–H groups in total. The maximum atomic E-state index is 11.1. The molecule has 0 unspecified atom stereocenters. The van der Waals surface area contributed by atoms with E-state index in [1.165, 1.54) is 0 Å². The molecular formula is C10H24O3SSi. The normalized spacial score (nSPS) is 13.1. The van der Waals surface area contributed by atoms with Gasteiger partial charge in [-0.1, -0.05) is 58.2 Å². The molecule has 0 aromatic heterocycles. The molecule has 0 atom stereocenters. The Morgan fingerprint density at radius 3 is 1.47 bits per heavy atom. The van der Waals surface area contributed by atoms with E-state index < -0.39 is 18.2 Å². The molecule has 0 spiro atoms. The van der Waals surface area contributed by atoms with Crippen LogP contribution >= 0.6 is 0 Å². The first-order chi connectivity index (χ1) is 6.89. The van der Waals surface area contributed by atoms with E-state index in [0.29, 0.717) is 0 Å². The largest absolute Gasteiger partial charge is 0.286 e. The van der Waals surface area contributed by atoms with Gasteiger partial charge in [0.2, 0.25) is 0 Å². The summed E-state index contributed by atoms with van der Waals surface area (Å²) in [6.45, 7) is 6.28. The molecule has 0 heterocycles. The van der Waals surface area contributed by atoms with Gasteiger partial charge in [-0.25, -0.2) is 0 Å².